The summed E-state index contributed by atoms with van der Waals surface area (Å²) in [7, 11) is 1.66. The lowest BCUT2D eigenvalue weighted by molar-refractivity contribution is -0.137. The lowest BCUT2D eigenvalue weighted by atomic mass is 10.1. The second-order valence-electron chi connectivity index (χ2n) is 4.56. The van der Waals surface area contributed by atoms with Gasteiger partial charge in [-0.25, -0.2) is 0 Å². The molecular weight excluding hydrogens is 206 g/mol. The Bertz CT molecular complexity index is 282. The Morgan fingerprint density at radius 2 is 2.19 bits per heavy atom. The highest BCUT2D eigenvalue weighted by Crippen LogP contribution is 2.26. The van der Waals surface area contributed by atoms with Gasteiger partial charge in [0.05, 0.1) is 18.8 Å². The minimum Gasteiger partial charge on any atom is -0.394 e. The summed E-state index contributed by atoms with van der Waals surface area (Å²) in [5.41, 5.74) is 0. The van der Waals surface area contributed by atoms with E-state index in [2.05, 4.69) is 12.2 Å². The molecule has 0 aromatic carbocycles. The molecule has 1 amide bonds. The molecule has 90 valence electrons. The molecule has 1 fully saturated rings. The monoisotopic (exact) mass is 225 g/mol. The Labute approximate surface area is 95.9 Å². The number of aliphatic hydroxyl groups is 1. The van der Waals surface area contributed by atoms with Crippen LogP contribution in [-0.4, -0.2) is 48.3 Å². The van der Waals surface area contributed by atoms with Crippen molar-refractivity contribution in [2.45, 2.75) is 31.4 Å². The number of allylic oxidation sites excluding steroid dienone is 2. The fourth-order valence-corrected chi connectivity index (χ4v) is 2.54. The first-order chi connectivity index (χ1) is 7.76. The Morgan fingerprint density at radius 3 is 2.75 bits per heavy atom. The summed E-state index contributed by atoms with van der Waals surface area (Å²) >= 11 is 0. The van der Waals surface area contributed by atoms with Crippen LogP contribution in [0.4, 0.5) is 0 Å². The molecule has 0 bridgehead atoms. The number of carbonyl (C=O) groups excluding carboxylic acids is 1. The highest BCUT2D eigenvalue weighted by molar-refractivity contribution is 5.80. The molecule has 1 heterocycles. The molecule has 1 aliphatic carbocycles. The van der Waals surface area contributed by atoms with Crippen LogP contribution >= 0.6 is 0 Å². The summed E-state index contributed by atoms with van der Waals surface area (Å²) in [6.07, 6.45) is 6.62. The van der Waals surface area contributed by atoms with Gasteiger partial charge in [-0.2, -0.15) is 0 Å². The molecule has 2 rings (SSSR count). The Hall–Kier alpha value is -0.870. The van der Waals surface area contributed by atoms with Gasteiger partial charge in [-0.3, -0.25) is 4.79 Å². The molecular formula is C12H19NO3. The second kappa shape index (κ2) is 4.97. The van der Waals surface area contributed by atoms with Gasteiger partial charge in [-0.15, -0.1) is 0 Å². The zero-order valence-corrected chi connectivity index (χ0v) is 9.63. The van der Waals surface area contributed by atoms with Crippen LogP contribution in [0.2, 0.25) is 0 Å². The molecule has 2 aliphatic rings. The standard InChI is InChI=1S/C12H19NO3/c1-16-11-6-10(8-14)13(7-11)12(15)9-4-2-3-5-9/h2-3,9-11,14H,4-8H2,1H3/t10-,11+/m0/s1. The number of carbonyl (C=O) groups is 1. The van der Waals surface area contributed by atoms with Crippen LogP contribution in [0.15, 0.2) is 12.2 Å². The molecule has 0 aromatic heterocycles. The number of hydrogen-bond donors (Lipinski definition) is 1. The highest BCUT2D eigenvalue weighted by Gasteiger charge is 2.37. The van der Waals surface area contributed by atoms with E-state index >= 15 is 0 Å². The fourth-order valence-electron chi connectivity index (χ4n) is 2.54. The third-order valence-electron chi connectivity index (χ3n) is 3.56. The van der Waals surface area contributed by atoms with Crippen molar-refractivity contribution >= 4 is 5.91 Å². The number of ether oxygens (including phenoxy) is 1. The first-order valence-electron chi connectivity index (χ1n) is 5.85. The first-order valence-corrected chi connectivity index (χ1v) is 5.85. The molecule has 1 N–H and O–H groups in total. The average molecular weight is 225 g/mol. The Balaban J connectivity index is 1.99. The van der Waals surface area contributed by atoms with Crippen LogP contribution in [-0.2, 0) is 9.53 Å². The van der Waals surface area contributed by atoms with E-state index in [-0.39, 0.29) is 30.6 Å². The van der Waals surface area contributed by atoms with E-state index in [4.69, 9.17) is 4.74 Å². The third kappa shape index (κ3) is 2.13. The van der Waals surface area contributed by atoms with E-state index < -0.39 is 0 Å². The molecule has 1 saturated heterocycles. The topological polar surface area (TPSA) is 49.8 Å². The van der Waals surface area contributed by atoms with Gasteiger partial charge >= 0.3 is 0 Å². The number of rotatable bonds is 3. The predicted octanol–water partition coefficient (Wildman–Crippen LogP) is 0.561. The van der Waals surface area contributed by atoms with Gasteiger partial charge < -0.3 is 14.7 Å². The highest BCUT2D eigenvalue weighted by atomic mass is 16.5. The van der Waals surface area contributed by atoms with Crippen LogP contribution in [0.5, 0.6) is 0 Å². The van der Waals surface area contributed by atoms with Crippen molar-refractivity contribution in [3.05, 3.63) is 12.2 Å². The maximum Gasteiger partial charge on any atom is 0.226 e. The van der Waals surface area contributed by atoms with Crippen LogP contribution in [0.25, 0.3) is 0 Å². The van der Waals surface area contributed by atoms with E-state index in [0.29, 0.717) is 6.54 Å². The molecule has 0 unspecified atom stereocenters. The second-order valence-corrected chi connectivity index (χ2v) is 4.56. The van der Waals surface area contributed by atoms with Crippen molar-refractivity contribution < 1.29 is 14.6 Å². The van der Waals surface area contributed by atoms with E-state index in [1.54, 1.807) is 12.0 Å². The summed E-state index contributed by atoms with van der Waals surface area (Å²) < 4.78 is 5.27. The molecule has 0 saturated carbocycles. The van der Waals surface area contributed by atoms with E-state index in [9.17, 15) is 9.90 Å². The summed E-state index contributed by atoms with van der Waals surface area (Å²) in [6, 6.07) is -0.0574. The zero-order chi connectivity index (χ0) is 11.5. The number of hydrogen-bond acceptors (Lipinski definition) is 3. The average Bonchev–Trinajstić information content (AvgIpc) is 2.96. The van der Waals surface area contributed by atoms with Crippen molar-refractivity contribution in [2.24, 2.45) is 5.92 Å². The van der Waals surface area contributed by atoms with E-state index in [1.807, 2.05) is 0 Å². The molecule has 0 spiro atoms. The molecule has 16 heavy (non-hydrogen) atoms. The van der Waals surface area contributed by atoms with Gasteiger partial charge in [-0.05, 0) is 19.3 Å². The minimum absolute atomic E-state index is 0.0335. The maximum atomic E-state index is 12.2. The van der Waals surface area contributed by atoms with Crippen molar-refractivity contribution in [2.75, 3.05) is 20.3 Å². The summed E-state index contributed by atoms with van der Waals surface area (Å²) in [5.74, 6) is 0.258. The maximum absolute atomic E-state index is 12.2. The normalized spacial score (nSPS) is 30.2. The van der Waals surface area contributed by atoms with Gasteiger partial charge in [0.15, 0.2) is 0 Å². The number of likely N-dealkylation sites (tertiary alicyclic amines) is 1. The molecule has 2 atom stereocenters. The zero-order valence-electron chi connectivity index (χ0n) is 9.63. The van der Waals surface area contributed by atoms with Crippen molar-refractivity contribution in [1.82, 2.24) is 4.90 Å². The first kappa shape index (κ1) is 11.6. The summed E-state index contributed by atoms with van der Waals surface area (Å²) in [4.78, 5) is 14.0. The smallest absolute Gasteiger partial charge is 0.226 e. The fraction of sp³-hybridized carbons (Fsp3) is 0.750. The quantitative estimate of drug-likeness (QED) is 0.714. The summed E-state index contributed by atoms with van der Waals surface area (Å²) in [6.45, 7) is 0.656. The van der Waals surface area contributed by atoms with Gasteiger partial charge in [0.2, 0.25) is 5.91 Å². The molecule has 4 heteroatoms. The van der Waals surface area contributed by atoms with E-state index in [0.717, 1.165) is 19.3 Å². The SMILES string of the molecule is CO[C@@H]1C[C@@H](CO)N(C(=O)C2CC=CC2)C1. The van der Waals surface area contributed by atoms with Crippen LogP contribution in [0.3, 0.4) is 0 Å². The summed E-state index contributed by atoms with van der Waals surface area (Å²) in [5, 5.41) is 9.28. The lowest BCUT2D eigenvalue weighted by Gasteiger charge is -2.25. The lowest BCUT2D eigenvalue weighted by Crippen LogP contribution is -2.41. The minimum atomic E-state index is -0.0574. The van der Waals surface area contributed by atoms with Crippen molar-refractivity contribution in [3.8, 4) is 0 Å². The van der Waals surface area contributed by atoms with Crippen molar-refractivity contribution in [3.63, 3.8) is 0 Å². The van der Waals surface area contributed by atoms with Gasteiger partial charge in [-0.1, -0.05) is 12.2 Å². The molecule has 0 aromatic rings. The number of methoxy groups -OCH3 is 1. The van der Waals surface area contributed by atoms with Gasteiger partial charge in [0.25, 0.3) is 0 Å². The molecule has 4 nitrogen and oxygen atoms in total. The van der Waals surface area contributed by atoms with Crippen molar-refractivity contribution in [1.29, 1.82) is 0 Å². The Morgan fingerprint density at radius 1 is 1.50 bits per heavy atom. The van der Waals surface area contributed by atoms with Crippen LogP contribution in [0, 0.1) is 5.92 Å². The number of nitrogens with zero attached hydrogens (tertiary/aromatic N) is 1. The van der Waals surface area contributed by atoms with Crippen LogP contribution < -0.4 is 0 Å². The van der Waals surface area contributed by atoms with E-state index in [1.165, 1.54) is 0 Å². The number of aliphatic hydroxyl groups excluding tert-OH is 1. The predicted molar refractivity (Wildman–Crippen MR) is 59.9 cm³/mol. The Kier molecular flexibility index (Phi) is 3.61. The molecule has 0 radical (unpaired) electrons. The van der Waals surface area contributed by atoms with Crippen LogP contribution in [0.1, 0.15) is 19.3 Å². The van der Waals surface area contributed by atoms with Gasteiger partial charge in [0.1, 0.15) is 0 Å². The molecule has 1 aliphatic heterocycles. The van der Waals surface area contributed by atoms with Gasteiger partial charge in [0, 0.05) is 19.6 Å². The number of amides is 1. The largest absolute Gasteiger partial charge is 0.394 e. The third-order valence-corrected chi connectivity index (χ3v) is 3.56.